The monoisotopic (exact) mass is 325 g/mol. The lowest BCUT2D eigenvalue weighted by molar-refractivity contribution is 0.0703. The zero-order chi connectivity index (χ0) is 16.7. The summed E-state index contributed by atoms with van der Waals surface area (Å²) in [5.41, 5.74) is 2.44. The van der Waals surface area contributed by atoms with E-state index in [0.29, 0.717) is 18.0 Å². The van der Waals surface area contributed by atoms with Crippen LogP contribution in [0.15, 0.2) is 12.1 Å². The molecule has 2 aliphatic rings. The van der Waals surface area contributed by atoms with Gasteiger partial charge in [-0.05, 0) is 51.7 Å². The Kier molecular flexibility index (Phi) is 3.82. The minimum atomic E-state index is 0.0719. The quantitative estimate of drug-likeness (QED) is 0.941. The minimum absolute atomic E-state index is 0.0719. The van der Waals surface area contributed by atoms with E-state index >= 15 is 0 Å². The number of rotatable bonds is 3. The molecule has 3 heterocycles. The summed E-state index contributed by atoms with van der Waals surface area (Å²) in [5.74, 6) is 2.77. The average Bonchev–Trinajstić information content (AvgIpc) is 3.31. The fraction of sp³-hybridized carbons (Fsp3) is 0.556. The van der Waals surface area contributed by atoms with Gasteiger partial charge in [0.2, 0.25) is 0 Å². The normalized spacial score (nSPS) is 21.1. The number of carbonyl (C=O) groups is 1. The molecule has 1 N–H and O–H groups in total. The van der Waals surface area contributed by atoms with E-state index in [1.54, 1.807) is 0 Å². The van der Waals surface area contributed by atoms with Crippen LogP contribution in [0.3, 0.4) is 0 Å². The number of H-pyrrole nitrogens is 1. The van der Waals surface area contributed by atoms with Crippen molar-refractivity contribution in [3.8, 4) is 0 Å². The van der Waals surface area contributed by atoms with Gasteiger partial charge < -0.3 is 4.90 Å². The molecule has 126 valence electrons. The van der Waals surface area contributed by atoms with Gasteiger partial charge in [0.1, 0.15) is 5.82 Å². The van der Waals surface area contributed by atoms with E-state index in [1.807, 2.05) is 30.9 Å². The summed E-state index contributed by atoms with van der Waals surface area (Å²) in [5, 5.41) is 7.49. The van der Waals surface area contributed by atoms with Gasteiger partial charge in [-0.25, -0.2) is 4.98 Å². The second-order valence-corrected chi connectivity index (χ2v) is 7.03. The van der Waals surface area contributed by atoms with Gasteiger partial charge in [-0.15, -0.1) is 0 Å². The smallest absolute Gasteiger partial charge is 0.255 e. The zero-order valence-electron chi connectivity index (χ0n) is 14.2. The minimum Gasteiger partial charge on any atom is -0.338 e. The van der Waals surface area contributed by atoms with Crippen molar-refractivity contribution in [2.75, 3.05) is 13.1 Å². The molecule has 0 aromatic carbocycles. The maximum Gasteiger partial charge on any atom is 0.255 e. The lowest BCUT2D eigenvalue weighted by Crippen LogP contribution is -2.39. The van der Waals surface area contributed by atoms with Gasteiger partial charge in [0.05, 0.1) is 11.3 Å². The Morgan fingerprint density at radius 2 is 2.00 bits per heavy atom. The Labute approximate surface area is 141 Å². The highest BCUT2D eigenvalue weighted by atomic mass is 16.2. The van der Waals surface area contributed by atoms with E-state index in [-0.39, 0.29) is 11.8 Å². The maximum absolute atomic E-state index is 12.9. The molecule has 1 unspecified atom stereocenters. The molecule has 2 aromatic rings. The van der Waals surface area contributed by atoms with Crippen molar-refractivity contribution in [2.24, 2.45) is 0 Å². The largest absolute Gasteiger partial charge is 0.338 e. The molecule has 2 fully saturated rings. The molecule has 4 rings (SSSR count). The van der Waals surface area contributed by atoms with Crippen molar-refractivity contribution in [1.29, 1.82) is 0 Å². The topological polar surface area (TPSA) is 74.8 Å². The van der Waals surface area contributed by atoms with E-state index in [9.17, 15) is 4.79 Å². The second-order valence-electron chi connectivity index (χ2n) is 7.03. The highest BCUT2D eigenvalue weighted by Gasteiger charge is 2.31. The van der Waals surface area contributed by atoms with Crippen LogP contribution < -0.4 is 0 Å². The van der Waals surface area contributed by atoms with E-state index < -0.39 is 0 Å². The standard InChI is InChI=1S/C18H23N5O/c1-11-5-8-15(12(2)19-11)18(24)23-9-3-4-14(10-23)17-20-16(21-22-17)13-6-7-13/h5,8,13-14H,3-4,6-7,9-10H2,1-2H3,(H,20,21,22). The SMILES string of the molecule is Cc1ccc(C(=O)N2CCCC(c3n[nH]c(C4CC4)n3)C2)c(C)n1. The average molecular weight is 325 g/mol. The van der Waals surface area contributed by atoms with E-state index in [2.05, 4.69) is 20.2 Å². The van der Waals surface area contributed by atoms with Crippen LogP contribution in [-0.2, 0) is 0 Å². The number of carbonyl (C=O) groups excluding carboxylic acids is 1. The number of aryl methyl sites for hydroxylation is 2. The predicted octanol–water partition coefficient (Wildman–Crippen LogP) is 2.71. The predicted molar refractivity (Wildman–Crippen MR) is 89.9 cm³/mol. The third-order valence-electron chi connectivity index (χ3n) is 5.01. The van der Waals surface area contributed by atoms with Gasteiger partial charge in [0, 0.05) is 30.6 Å². The molecule has 2 aromatic heterocycles. The molecule has 0 bridgehead atoms. The van der Waals surface area contributed by atoms with Crippen LogP contribution in [0.1, 0.15) is 70.9 Å². The van der Waals surface area contributed by atoms with Gasteiger partial charge in [-0.3, -0.25) is 14.9 Å². The lowest BCUT2D eigenvalue weighted by atomic mass is 9.96. The van der Waals surface area contributed by atoms with Crippen molar-refractivity contribution in [3.05, 3.63) is 40.7 Å². The number of aromatic amines is 1. The summed E-state index contributed by atoms with van der Waals surface area (Å²) in [6.07, 6.45) is 4.45. The van der Waals surface area contributed by atoms with Crippen LogP contribution >= 0.6 is 0 Å². The molecule has 0 spiro atoms. The Balaban J connectivity index is 1.50. The first kappa shape index (κ1) is 15.3. The summed E-state index contributed by atoms with van der Waals surface area (Å²) in [6, 6.07) is 3.79. The molecule has 0 radical (unpaired) electrons. The van der Waals surface area contributed by atoms with Crippen LogP contribution in [0, 0.1) is 13.8 Å². The summed E-state index contributed by atoms with van der Waals surface area (Å²) < 4.78 is 0. The highest BCUT2D eigenvalue weighted by molar-refractivity contribution is 5.95. The number of piperidine rings is 1. The maximum atomic E-state index is 12.9. The number of hydrogen-bond donors (Lipinski definition) is 1. The van der Waals surface area contributed by atoms with Gasteiger partial charge in [0.25, 0.3) is 5.91 Å². The summed E-state index contributed by atoms with van der Waals surface area (Å²) in [6.45, 7) is 5.33. The third-order valence-corrected chi connectivity index (χ3v) is 5.01. The first-order chi connectivity index (χ1) is 11.6. The summed E-state index contributed by atoms with van der Waals surface area (Å²) >= 11 is 0. The Bertz CT molecular complexity index is 765. The van der Waals surface area contributed by atoms with Crippen LogP contribution in [0.2, 0.25) is 0 Å². The van der Waals surface area contributed by atoms with Gasteiger partial charge in [-0.2, -0.15) is 5.10 Å². The molecule has 1 amide bonds. The summed E-state index contributed by atoms with van der Waals surface area (Å²) in [7, 11) is 0. The second kappa shape index (κ2) is 6.00. The molecule has 1 aliphatic heterocycles. The molecule has 6 nitrogen and oxygen atoms in total. The van der Waals surface area contributed by atoms with Crippen molar-refractivity contribution >= 4 is 5.91 Å². The van der Waals surface area contributed by atoms with Crippen LogP contribution in [0.4, 0.5) is 0 Å². The molecular weight excluding hydrogens is 302 g/mol. The van der Waals surface area contributed by atoms with E-state index in [0.717, 1.165) is 42.4 Å². The van der Waals surface area contributed by atoms with Gasteiger partial charge >= 0.3 is 0 Å². The van der Waals surface area contributed by atoms with Crippen molar-refractivity contribution in [3.63, 3.8) is 0 Å². The number of pyridine rings is 1. The van der Waals surface area contributed by atoms with Crippen molar-refractivity contribution < 1.29 is 4.79 Å². The van der Waals surface area contributed by atoms with Gasteiger partial charge in [0.15, 0.2) is 5.82 Å². The van der Waals surface area contributed by atoms with E-state index in [4.69, 9.17) is 0 Å². The molecule has 1 saturated heterocycles. The number of amides is 1. The Morgan fingerprint density at radius 1 is 1.17 bits per heavy atom. The molecular formula is C18H23N5O. The Morgan fingerprint density at radius 3 is 2.75 bits per heavy atom. The molecule has 24 heavy (non-hydrogen) atoms. The number of hydrogen-bond acceptors (Lipinski definition) is 4. The van der Waals surface area contributed by atoms with Crippen molar-refractivity contribution in [1.82, 2.24) is 25.1 Å². The van der Waals surface area contributed by atoms with Crippen LogP contribution in [0.25, 0.3) is 0 Å². The molecule has 1 aliphatic carbocycles. The highest BCUT2D eigenvalue weighted by Crippen LogP contribution is 2.38. The number of likely N-dealkylation sites (tertiary alicyclic amines) is 1. The third kappa shape index (κ3) is 2.92. The van der Waals surface area contributed by atoms with Crippen LogP contribution in [-0.4, -0.2) is 44.1 Å². The lowest BCUT2D eigenvalue weighted by Gasteiger charge is -2.31. The zero-order valence-corrected chi connectivity index (χ0v) is 14.2. The van der Waals surface area contributed by atoms with E-state index in [1.165, 1.54) is 12.8 Å². The fourth-order valence-corrected chi connectivity index (χ4v) is 3.47. The number of nitrogens with zero attached hydrogens (tertiary/aromatic N) is 4. The molecule has 1 saturated carbocycles. The molecule has 1 atom stereocenters. The first-order valence-corrected chi connectivity index (χ1v) is 8.77. The number of nitrogens with one attached hydrogen (secondary N) is 1. The fourth-order valence-electron chi connectivity index (χ4n) is 3.47. The molecule has 6 heteroatoms. The number of aromatic nitrogens is 4. The summed E-state index contributed by atoms with van der Waals surface area (Å²) in [4.78, 5) is 23.9. The first-order valence-electron chi connectivity index (χ1n) is 8.77. The van der Waals surface area contributed by atoms with Gasteiger partial charge in [-0.1, -0.05) is 0 Å². The van der Waals surface area contributed by atoms with Crippen LogP contribution in [0.5, 0.6) is 0 Å². The van der Waals surface area contributed by atoms with Crippen molar-refractivity contribution in [2.45, 2.75) is 51.4 Å². The Hall–Kier alpha value is -2.24.